The molecule has 1 aliphatic heterocycles. The number of nitrogens with zero attached hydrogens (tertiary/aromatic N) is 6. The van der Waals surface area contributed by atoms with E-state index in [9.17, 15) is 0 Å². The van der Waals surface area contributed by atoms with Crippen LogP contribution in [0, 0.1) is 0 Å². The van der Waals surface area contributed by atoms with Crippen LogP contribution >= 0.6 is 11.6 Å². The largest absolute Gasteiger partial charge is 0.367 e. The van der Waals surface area contributed by atoms with Gasteiger partial charge in [-0.05, 0) is 60.1 Å². The molecule has 24 heavy (non-hydrogen) atoms. The normalized spacial score (nSPS) is 16.5. The summed E-state index contributed by atoms with van der Waals surface area (Å²) in [6.45, 7) is 2.92. The summed E-state index contributed by atoms with van der Waals surface area (Å²) in [6.07, 6.45) is 2.46. The molecule has 4 rings (SSSR count). The summed E-state index contributed by atoms with van der Waals surface area (Å²) in [5, 5.41) is 19.9. The van der Waals surface area contributed by atoms with Crippen molar-refractivity contribution in [2.75, 3.05) is 25.0 Å². The number of aromatic nitrogens is 5. The summed E-state index contributed by atoms with van der Waals surface area (Å²) < 4.78 is 1.42. The number of fused-ring (bicyclic) bond motifs is 1. The highest BCUT2D eigenvalue weighted by Crippen LogP contribution is 2.30. The summed E-state index contributed by atoms with van der Waals surface area (Å²) in [5.41, 5.74) is 1.78. The number of tetrazole rings is 1. The van der Waals surface area contributed by atoms with Crippen molar-refractivity contribution in [3.63, 3.8) is 0 Å². The second-order valence-corrected chi connectivity index (χ2v) is 6.31. The molecular weight excluding hydrogens is 326 g/mol. The Morgan fingerprint density at radius 2 is 1.96 bits per heavy atom. The monoisotopic (exact) mass is 343 g/mol. The molecule has 1 N–H and O–H groups in total. The molecule has 7 nitrogen and oxygen atoms in total. The van der Waals surface area contributed by atoms with Crippen LogP contribution in [-0.4, -0.2) is 49.8 Å². The van der Waals surface area contributed by atoms with Gasteiger partial charge in [0.1, 0.15) is 5.82 Å². The Labute approximate surface area is 144 Å². The van der Waals surface area contributed by atoms with Crippen molar-refractivity contribution in [3.8, 4) is 0 Å². The predicted molar refractivity (Wildman–Crippen MR) is 92.1 cm³/mol. The first-order chi connectivity index (χ1) is 11.8. The van der Waals surface area contributed by atoms with E-state index >= 15 is 0 Å². The first-order valence-electron chi connectivity index (χ1n) is 8.09. The Morgan fingerprint density at radius 1 is 1.12 bits per heavy atom. The van der Waals surface area contributed by atoms with Crippen LogP contribution in [0.1, 0.15) is 24.4 Å². The first-order valence-corrected chi connectivity index (χ1v) is 8.47. The third kappa shape index (κ3) is 3.05. The molecule has 1 saturated heterocycles. The quantitative estimate of drug-likeness (QED) is 0.767. The summed E-state index contributed by atoms with van der Waals surface area (Å²) in [4.78, 5) is 2.48. The van der Waals surface area contributed by atoms with E-state index in [1.807, 2.05) is 30.3 Å². The Bertz CT molecular complexity index is 828. The zero-order valence-corrected chi connectivity index (χ0v) is 13.9. The lowest BCUT2D eigenvalue weighted by Gasteiger charge is -2.29. The Morgan fingerprint density at radius 3 is 2.79 bits per heavy atom. The lowest BCUT2D eigenvalue weighted by atomic mass is 10.1. The van der Waals surface area contributed by atoms with Gasteiger partial charge in [0.15, 0.2) is 5.65 Å². The van der Waals surface area contributed by atoms with E-state index in [0.29, 0.717) is 5.65 Å². The summed E-state index contributed by atoms with van der Waals surface area (Å²) in [7, 11) is 0. The molecule has 3 aromatic rings. The number of likely N-dealkylation sites (tertiary alicyclic amines) is 1. The summed E-state index contributed by atoms with van der Waals surface area (Å²) in [6, 6.07) is 12.0. The molecule has 0 unspecified atom stereocenters. The third-order valence-electron chi connectivity index (χ3n) is 4.39. The van der Waals surface area contributed by atoms with Crippen molar-refractivity contribution in [2.45, 2.75) is 18.9 Å². The number of benzene rings is 1. The van der Waals surface area contributed by atoms with Crippen molar-refractivity contribution in [3.05, 3.63) is 47.0 Å². The number of hydrogen-bond donors (Lipinski definition) is 1. The maximum absolute atomic E-state index is 6.44. The van der Waals surface area contributed by atoms with E-state index in [1.54, 1.807) is 0 Å². The average Bonchev–Trinajstić information content (AvgIpc) is 3.27. The molecule has 0 spiro atoms. The van der Waals surface area contributed by atoms with Gasteiger partial charge in [0.2, 0.25) is 0 Å². The molecule has 0 radical (unpaired) electrons. The first kappa shape index (κ1) is 15.3. The molecule has 3 heterocycles. The van der Waals surface area contributed by atoms with Gasteiger partial charge >= 0.3 is 0 Å². The number of rotatable bonds is 5. The highest BCUT2D eigenvalue weighted by atomic mass is 35.5. The highest BCUT2D eigenvalue weighted by Gasteiger charge is 2.25. The van der Waals surface area contributed by atoms with Crippen LogP contribution in [0.4, 0.5) is 5.82 Å². The van der Waals surface area contributed by atoms with Gasteiger partial charge in [0.05, 0.1) is 6.04 Å². The SMILES string of the molecule is Clc1ccccc1[C@H](CNc1ccc2nnnn2n1)N1CCCC1. The Hall–Kier alpha value is -2.25. The molecule has 124 valence electrons. The van der Waals surface area contributed by atoms with Crippen molar-refractivity contribution in [2.24, 2.45) is 0 Å². The van der Waals surface area contributed by atoms with E-state index in [2.05, 4.69) is 36.9 Å². The molecule has 0 saturated carbocycles. The van der Waals surface area contributed by atoms with E-state index in [0.717, 1.165) is 36.0 Å². The number of nitrogens with one attached hydrogen (secondary N) is 1. The van der Waals surface area contributed by atoms with Crippen molar-refractivity contribution < 1.29 is 0 Å². The van der Waals surface area contributed by atoms with Crippen LogP contribution in [0.25, 0.3) is 5.65 Å². The fourth-order valence-corrected chi connectivity index (χ4v) is 3.44. The lowest BCUT2D eigenvalue weighted by Crippen LogP contribution is -2.31. The van der Waals surface area contributed by atoms with E-state index in [1.165, 1.54) is 17.5 Å². The van der Waals surface area contributed by atoms with Gasteiger partial charge in [-0.25, -0.2) is 0 Å². The van der Waals surface area contributed by atoms with Crippen LogP contribution in [0.15, 0.2) is 36.4 Å². The highest BCUT2D eigenvalue weighted by molar-refractivity contribution is 6.31. The molecule has 1 atom stereocenters. The van der Waals surface area contributed by atoms with Crippen LogP contribution in [0.3, 0.4) is 0 Å². The third-order valence-corrected chi connectivity index (χ3v) is 4.74. The maximum Gasteiger partial charge on any atom is 0.200 e. The van der Waals surface area contributed by atoms with Gasteiger partial charge in [0, 0.05) is 11.6 Å². The summed E-state index contributed by atoms with van der Waals surface area (Å²) >= 11 is 6.44. The molecule has 0 bridgehead atoms. The fourth-order valence-electron chi connectivity index (χ4n) is 3.18. The number of hydrogen-bond acceptors (Lipinski definition) is 6. The van der Waals surface area contributed by atoms with E-state index < -0.39 is 0 Å². The van der Waals surface area contributed by atoms with Crippen molar-refractivity contribution in [1.82, 2.24) is 30.2 Å². The van der Waals surface area contributed by atoms with E-state index in [4.69, 9.17) is 11.6 Å². The van der Waals surface area contributed by atoms with Gasteiger partial charge in [-0.3, -0.25) is 4.90 Å². The predicted octanol–water partition coefficient (Wildman–Crippen LogP) is 2.42. The topological polar surface area (TPSA) is 71.2 Å². The zero-order valence-electron chi connectivity index (χ0n) is 13.1. The van der Waals surface area contributed by atoms with Crippen LogP contribution in [0.5, 0.6) is 0 Å². The lowest BCUT2D eigenvalue weighted by molar-refractivity contribution is 0.256. The molecule has 8 heteroatoms. The van der Waals surface area contributed by atoms with Gasteiger partial charge in [-0.15, -0.1) is 14.8 Å². The minimum atomic E-state index is 0.215. The van der Waals surface area contributed by atoms with Crippen LogP contribution in [0.2, 0.25) is 5.02 Å². The fraction of sp³-hybridized carbons (Fsp3) is 0.375. The number of halogens is 1. The van der Waals surface area contributed by atoms with Gasteiger partial charge in [0.25, 0.3) is 0 Å². The molecule has 1 fully saturated rings. The second kappa shape index (κ2) is 6.70. The minimum absolute atomic E-state index is 0.215. The van der Waals surface area contributed by atoms with Gasteiger partial charge in [-0.1, -0.05) is 29.8 Å². The Balaban J connectivity index is 1.56. The standard InChI is InChI=1S/C16H18ClN7/c17-13-6-2-1-5-12(13)14(23-9-3-4-10-23)11-18-15-7-8-16-19-21-22-24(16)20-15/h1-2,5-8,14H,3-4,9-11H2,(H,18,20)/t14-/m0/s1. The maximum atomic E-state index is 6.44. The smallest absolute Gasteiger partial charge is 0.200 e. The molecule has 1 aromatic carbocycles. The van der Waals surface area contributed by atoms with Crippen molar-refractivity contribution >= 4 is 23.1 Å². The van der Waals surface area contributed by atoms with E-state index in [-0.39, 0.29) is 6.04 Å². The van der Waals surface area contributed by atoms with Gasteiger partial charge in [-0.2, -0.15) is 0 Å². The molecular formula is C16H18ClN7. The molecule has 2 aromatic heterocycles. The molecule has 1 aliphatic rings. The van der Waals surface area contributed by atoms with Crippen LogP contribution < -0.4 is 5.32 Å². The average molecular weight is 344 g/mol. The summed E-state index contributed by atoms with van der Waals surface area (Å²) in [5.74, 6) is 0.742. The second-order valence-electron chi connectivity index (χ2n) is 5.91. The molecule has 0 aliphatic carbocycles. The zero-order chi connectivity index (χ0) is 16.4. The molecule has 0 amide bonds. The minimum Gasteiger partial charge on any atom is -0.367 e. The van der Waals surface area contributed by atoms with Crippen molar-refractivity contribution in [1.29, 1.82) is 0 Å². The Kier molecular flexibility index (Phi) is 4.27. The van der Waals surface area contributed by atoms with Crippen LogP contribution in [-0.2, 0) is 0 Å². The van der Waals surface area contributed by atoms with Gasteiger partial charge < -0.3 is 5.32 Å². The number of anilines is 1.